The summed E-state index contributed by atoms with van der Waals surface area (Å²) in [5.74, 6) is 0.552. The van der Waals surface area contributed by atoms with Crippen molar-refractivity contribution >= 4 is 56.5 Å². The number of halogens is 1. The number of aliphatic imine (C=N–C) groups is 1. The number of thioether (sulfide) groups is 1. The van der Waals surface area contributed by atoms with Gasteiger partial charge in [0.2, 0.25) is 0 Å². The molecule has 1 amide bonds. The monoisotopic (exact) mass is 556 g/mol. The quantitative estimate of drug-likeness (QED) is 0.285. The molecule has 0 radical (unpaired) electrons. The molecule has 1 aliphatic heterocycles. The van der Waals surface area contributed by atoms with Crippen LogP contribution in [0.25, 0.3) is 6.08 Å². The number of para-hydroxylation sites is 1. The summed E-state index contributed by atoms with van der Waals surface area (Å²) >= 11 is 4.93. The van der Waals surface area contributed by atoms with Crippen LogP contribution in [-0.2, 0) is 14.3 Å². The van der Waals surface area contributed by atoms with Gasteiger partial charge in [-0.25, -0.2) is 9.79 Å². The minimum atomic E-state index is -0.416. The van der Waals surface area contributed by atoms with E-state index in [4.69, 9.17) is 14.5 Å². The molecule has 2 atom stereocenters. The minimum absolute atomic E-state index is 0.00203. The van der Waals surface area contributed by atoms with Gasteiger partial charge < -0.3 is 9.47 Å². The van der Waals surface area contributed by atoms with Crippen LogP contribution in [0.5, 0.6) is 5.75 Å². The summed E-state index contributed by atoms with van der Waals surface area (Å²) in [4.78, 5) is 32.6. The van der Waals surface area contributed by atoms with Crippen molar-refractivity contribution in [2.45, 2.75) is 45.6 Å². The standard InChI is InChI=1S/C27H29BrN2O4S/c1-3-33-25(31)17-34-23-14-13-19(15-21(23)28)16-24-26(32)30(22-12-8-7-9-18(22)2)27(35-24)29-20-10-5-4-6-11-20/h4-6,10-11,13-16,18,22H,3,7-9,12,17H2,1-2H3/b24-16-,29-27?/t18-,22-/m0/s1. The number of carbonyl (C=O) groups excluding carboxylic acids is 2. The van der Waals surface area contributed by atoms with E-state index in [1.807, 2.05) is 53.4 Å². The summed E-state index contributed by atoms with van der Waals surface area (Å²) in [6, 6.07) is 15.4. The summed E-state index contributed by atoms with van der Waals surface area (Å²) < 4.78 is 11.1. The fourth-order valence-electron chi connectivity index (χ4n) is 4.36. The minimum Gasteiger partial charge on any atom is -0.481 e. The van der Waals surface area contributed by atoms with Gasteiger partial charge in [-0.3, -0.25) is 9.69 Å². The third-order valence-corrected chi connectivity index (χ3v) is 7.72. The zero-order valence-corrected chi connectivity index (χ0v) is 22.3. The number of rotatable bonds is 7. The molecule has 0 aromatic heterocycles. The van der Waals surface area contributed by atoms with Gasteiger partial charge in [0.05, 0.1) is 21.7 Å². The predicted molar refractivity (Wildman–Crippen MR) is 144 cm³/mol. The Hall–Kier alpha value is -2.58. The van der Waals surface area contributed by atoms with Crippen molar-refractivity contribution in [3.63, 3.8) is 0 Å². The number of esters is 1. The number of ether oxygens (including phenoxy) is 2. The first-order valence-electron chi connectivity index (χ1n) is 11.9. The molecule has 0 unspecified atom stereocenters. The molecule has 0 bridgehead atoms. The van der Waals surface area contributed by atoms with Crippen molar-refractivity contribution in [3.8, 4) is 5.75 Å². The van der Waals surface area contributed by atoms with E-state index in [2.05, 4.69) is 22.9 Å². The van der Waals surface area contributed by atoms with Crippen molar-refractivity contribution in [2.75, 3.05) is 13.2 Å². The molecule has 2 aromatic rings. The zero-order valence-electron chi connectivity index (χ0n) is 19.9. The molecule has 4 rings (SSSR count). The Morgan fingerprint density at radius 3 is 2.69 bits per heavy atom. The molecule has 6 nitrogen and oxygen atoms in total. The van der Waals surface area contributed by atoms with Crippen LogP contribution in [0.1, 0.15) is 45.1 Å². The van der Waals surface area contributed by atoms with Crippen molar-refractivity contribution in [1.82, 2.24) is 4.90 Å². The molecule has 1 aliphatic carbocycles. The smallest absolute Gasteiger partial charge is 0.344 e. The van der Waals surface area contributed by atoms with E-state index in [-0.39, 0.29) is 18.6 Å². The van der Waals surface area contributed by atoms with Gasteiger partial charge in [-0.1, -0.05) is 44.0 Å². The maximum atomic E-state index is 13.6. The maximum absolute atomic E-state index is 13.6. The van der Waals surface area contributed by atoms with Crippen molar-refractivity contribution in [1.29, 1.82) is 0 Å². The summed E-state index contributed by atoms with van der Waals surface area (Å²) in [6.45, 7) is 4.14. The van der Waals surface area contributed by atoms with Crippen LogP contribution >= 0.6 is 27.7 Å². The number of nitrogens with zero attached hydrogens (tertiary/aromatic N) is 2. The van der Waals surface area contributed by atoms with E-state index in [0.717, 1.165) is 35.7 Å². The Kier molecular flexibility index (Phi) is 8.68. The largest absolute Gasteiger partial charge is 0.481 e. The van der Waals surface area contributed by atoms with E-state index < -0.39 is 5.97 Å². The first-order valence-corrected chi connectivity index (χ1v) is 13.5. The average Bonchev–Trinajstić information content (AvgIpc) is 3.14. The lowest BCUT2D eigenvalue weighted by atomic mass is 9.85. The average molecular weight is 558 g/mol. The highest BCUT2D eigenvalue weighted by molar-refractivity contribution is 9.10. The van der Waals surface area contributed by atoms with E-state index in [1.54, 1.807) is 13.0 Å². The summed E-state index contributed by atoms with van der Waals surface area (Å²) in [6.07, 6.45) is 6.34. The summed E-state index contributed by atoms with van der Waals surface area (Å²) in [5.41, 5.74) is 1.69. The zero-order chi connectivity index (χ0) is 24.8. The fraction of sp³-hybridized carbons (Fsp3) is 0.370. The topological polar surface area (TPSA) is 68.2 Å². The lowest BCUT2D eigenvalue weighted by Gasteiger charge is -2.35. The van der Waals surface area contributed by atoms with Gasteiger partial charge >= 0.3 is 5.97 Å². The molecular weight excluding hydrogens is 528 g/mol. The molecule has 2 aromatic carbocycles. The number of amides is 1. The number of hydrogen-bond donors (Lipinski definition) is 0. The molecule has 2 fully saturated rings. The van der Waals surface area contributed by atoms with E-state index in [9.17, 15) is 9.59 Å². The van der Waals surface area contributed by atoms with E-state index >= 15 is 0 Å². The van der Waals surface area contributed by atoms with Crippen LogP contribution in [0.4, 0.5) is 5.69 Å². The SMILES string of the molecule is CCOC(=O)COc1ccc(/C=C2\SC(=Nc3ccccc3)N([C@H]3CCCC[C@@H]3C)C2=O)cc1Br. The maximum Gasteiger partial charge on any atom is 0.344 e. The lowest BCUT2D eigenvalue weighted by molar-refractivity contribution is -0.145. The Bertz CT molecular complexity index is 1140. The van der Waals surface area contributed by atoms with E-state index in [1.165, 1.54) is 18.2 Å². The molecule has 1 saturated heterocycles. The fourth-order valence-corrected chi connectivity index (χ4v) is 5.92. The van der Waals surface area contributed by atoms with Crippen molar-refractivity contribution in [2.24, 2.45) is 10.9 Å². The highest BCUT2D eigenvalue weighted by atomic mass is 79.9. The molecule has 2 aliphatic rings. The van der Waals surface area contributed by atoms with Crippen LogP contribution in [0, 0.1) is 5.92 Å². The van der Waals surface area contributed by atoms with Gasteiger partial charge in [0, 0.05) is 6.04 Å². The number of amidine groups is 1. The highest BCUT2D eigenvalue weighted by Crippen LogP contribution is 2.40. The Balaban J connectivity index is 1.59. The molecule has 184 valence electrons. The lowest BCUT2D eigenvalue weighted by Crippen LogP contribution is -2.44. The molecular formula is C27H29BrN2O4S. The third kappa shape index (κ3) is 6.35. The number of benzene rings is 2. The van der Waals surface area contributed by atoms with Gasteiger partial charge in [0.1, 0.15) is 5.75 Å². The third-order valence-electron chi connectivity index (χ3n) is 6.12. The summed E-state index contributed by atoms with van der Waals surface area (Å²) in [7, 11) is 0. The number of carbonyl (C=O) groups is 2. The summed E-state index contributed by atoms with van der Waals surface area (Å²) in [5, 5.41) is 0.736. The van der Waals surface area contributed by atoms with Crippen LogP contribution in [0.2, 0.25) is 0 Å². The van der Waals surface area contributed by atoms with Crippen LogP contribution in [0.15, 0.2) is 62.9 Å². The highest BCUT2D eigenvalue weighted by Gasteiger charge is 2.41. The molecule has 35 heavy (non-hydrogen) atoms. The molecule has 1 saturated carbocycles. The second-order valence-electron chi connectivity index (χ2n) is 8.63. The van der Waals surface area contributed by atoms with Gasteiger partial charge in [0.15, 0.2) is 11.8 Å². The van der Waals surface area contributed by atoms with Crippen molar-refractivity contribution < 1.29 is 19.1 Å². The molecule has 1 heterocycles. The Morgan fingerprint density at radius 1 is 1.20 bits per heavy atom. The first kappa shape index (κ1) is 25.5. The van der Waals surface area contributed by atoms with Gasteiger partial charge in [-0.15, -0.1) is 0 Å². The Labute approximate surface area is 218 Å². The molecule has 0 N–H and O–H groups in total. The molecule has 8 heteroatoms. The van der Waals surface area contributed by atoms with Crippen LogP contribution in [-0.4, -0.2) is 41.2 Å². The second-order valence-corrected chi connectivity index (χ2v) is 10.5. The van der Waals surface area contributed by atoms with Gasteiger partial charge in [-0.05, 0) is 89.3 Å². The number of hydrogen-bond acceptors (Lipinski definition) is 6. The second kappa shape index (κ2) is 11.9. The normalized spacial score (nSPS) is 22.6. The van der Waals surface area contributed by atoms with Crippen LogP contribution in [0.3, 0.4) is 0 Å². The predicted octanol–water partition coefficient (Wildman–Crippen LogP) is 6.57. The first-order chi connectivity index (χ1) is 17.0. The van der Waals surface area contributed by atoms with Gasteiger partial charge in [0.25, 0.3) is 5.91 Å². The van der Waals surface area contributed by atoms with E-state index in [0.29, 0.717) is 27.7 Å². The van der Waals surface area contributed by atoms with Crippen LogP contribution < -0.4 is 4.74 Å². The molecule has 0 spiro atoms. The van der Waals surface area contributed by atoms with Gasteiger partial charge in [-0.2, -0.15) is 0 Å². The Morgan fingerprint density at radius 2 is 1.97 bits per heavy atom. The van der Waals surface area contributed by atoms with Crippen molar-refractivity contribution in [3.05, 3.63) is 63.5 Å².